The summed E-state index contributed by atoms with van der Waals surface area (Å²) in [7, 11) is 0. The van der Waals surface area contributed by atoms with Crippen LogP contribution in [0, 0.1) is 11.3 Å². The number of piperidine rings is 1. The third kappa shape index (κ3) is 2.39. The van der Waals surface area contributed by atoms with Crippen molar-refractivity contribution in [3.63, 3.8) is 0 Å². The second-order valence-corrected chi connectivity index (χ2v) is 6.63. The number of hydrogen-bond acceptors (Lipinski definition) is 3. The van der Waals surface area contributed by atoms with Gasteiger partial charge in [0.05, 0.1) is 12.3 Å². The van der Waals surface area contributed by atoms with E-state index in [1.807, 2.05) is 22.4 Å². The lowest BCUT2D eigenvalue weighted by Gasteiger charge is -2.32. The highest BCUT2D eigenvalue weighted by Gasteiger charge is 2.59. The van der Waals surface area contributed by atoms with E-state index in [4.69, 9.17) is 5.11 Å². The van der Waals surface area contributed by atoms with Crippen LogP contribution >= 0.6 is 11.3 Å². The molecule has 1 atom stereocenters. The molecule has 0 aromatic carbocycles. The van der Waals surface area contributed by atoms with E-state index in [-0.39, 0.29) is 17.2 Å². The van der Waals surface area contributed by atoms with Gasteiger partial charge in [0.2, 0.25) is 5.91 Å². The van der Waals surface area contributed by atoms with E-state index in [0.29, 0.717) is 19.5 Å². The van der Waals surface area contributed by atoms with Gasteiger partial charge in [0.15, 0.2) is 0 Å². The lowest BCUT2D eigenvalue weighted by atomic mass is 9.90. The van der Waals surface area contributed by atoms with Gasteiger partial charge >= 0.3 is 5.97 Å². The van der Waals surface area contributed by atoms with E-state index in [1.54, 1.807) is 11.3 Å². The first-order chi connectivity index (χ1) is 9.11. The first kappa shape index (κ1) is 12.7. The van der Waals surface area contributed by atoms with Crippen LogP contribution in [0.5, 0.6) is 0 Å². The monoisotopic (exact) mass is 279 g/mol. The van der Waals surface area contributed by atoms with Gasteiger partial charge in [-0.2, -0.15) is 0 Å². The first-order valence-corrected chi connectivity index (χ1v) is 7.52. The van der Waals surface area contributed by atoms with E-state index >= 15 is 0 Å². The van der Waals surface area contributed by atoms with Gasteiger partial charge in [-0.1, -0.05) is 6.07 Å². The number of carboxylic acid groups (broad SMARTS) is 1. The van der Waals surface area contributed by atoms with Gasteiger partial charge in [-0.15, -0.1) is 11.3 Å². The molecule has 102 valence electrons. The predicted octanol–water partition coefficient (Wildman–Crippen LogP) is 2.00. The van der Waals surface area contributed by atoms with E-state index in [9.17, 15) is 9.59 Å². The topological polar surface area (TPSA) is 57.6 Å². The number of carboxylic acids is 1. The van der Waals surface area contributed by atoms with Crippen molar-refractivity contribution in [1.82, 2.24) is 4.90 Å². The number of carbonyl (C=O) groups is 2. The van der Waals surface area contributed by atoms with Crippen LogP contribution in [0.2, 0.25) is 0 Å². The maximum Gasteiger partial charge on any atom is 0.307 e. The number of likely N-dealkylation sites (tertiary alicyclic amines) is 1. The third-order valence-electron chi connectivity index (χ3n) is 4.51. The van der Waals surface area contributed by atoms with Crippen LogP contribution in [-0.2, 0) is 16.0 Å². The number of aliphatic carboxylic acids is 1. The third-order valence-corrected chi connectivity index (χ3v) is 5.38. The zero-order valence-corrected chi connectivity index (χ0v) is 11.5. The predicted molar refractivity (Wildman–Crippen MR) is 72.0 cm³/mol. The molecule has 1 unspecified atom stereocenters. The van der Waals surface area contributed by atoms with Gasteiger partial charge < -0.3 is 10.0 Å². The standard InChI is InChI=1S/C14H17NO3S/c16-12(8-10-2-1-7-19-10)15-5-3-14(4-6-15)9-11(14)13(17)18/h1-2,7,11H,3-6,8-9H2,(H,17,18). The molecule has 1 aliphatic heterocycles. The minimum atomic E-state index is -0.668. The molecule has 1 aromatic heterocycles. The quantitative estimate of drug-likeness (QED) is 0.920. The minimum absolute atomic E-state index is 0.00550. The summed E-state index contributed by atoms with van der Waals surface area (Å²) in [5, 5.41) is 11.0. The summed E-state index contributed by atoms with van der Waals surface area (Å²) in [6, 6.07) is 3.94. The molecule has 1 saturated heterocycles. The highest BCUT2D eigenvalue weighted by molar-refractivity contribution is 7.10. The zero-order chi connectivity index (χ0) is 13.5. The Bertz CT molecular complexity index is 489. The first-order valence-electron chi connectivity index (χ1n) is 6.64. The van der Waals surface area contributed by atoms with Gasteiger partial charge in [0, 0.05) is 18.0 Å². The molecule has 3 rings (SSSR count). The summed E-state index contributed by atoms with van der Waals surface area (Å²) >= 11 is 1.61. The van der Waals surface area contributed by atoms with Crippen molar-refractivity contribution in [3.8, 4) is 0 Å². The number of amides is 1. The van der Waals surface area contributed by atoms with Crippen molar-refractivity contribution in [2.75, 3.05) is 13.1 Å². The minimum Gasteiger partial charge on any atom is -0.481 e. The van der Waals surface area contributed by atoms with E-state index in [0.717, 1.165) is 24.1 Å². The molecule has 1 amide bonds. The molecule has 2 aliphatic rings. The van der Waals surface area contributed by atoms with Crippen molar-refractivity contribution in [2.24, 2.45) is 11.3 Å². The molecule has 4 nitrogen and oxygen atoms in total. The Kier molecular flexibility index (Phi) is 3.09. The highest BCUT2D eigenvalue weighted by atomic mass is 32.1. The Morgan fingerprint density at radius 3 is 2.68 bits per heavy atom. The van der Waals surface area contributed by atoms with Gasteiger partial charge in [0.25, 0.3) is 0 Å². The van der Waals surface area contributed by atoms with E-state index < -0.39 is 5.97 Å². The van der Waals surface area contributed by atoms with Crippen LogP contribution in [0.4, 0.5) is 0 Å². The number of carbonyl (C=O) groups excluding carboxylic acids is 1. The molecule has 1 spiro atoms. The Balaban J connectivity index is 1.53. The van der Waals surface area contributed by atoms with Crippen LogP contribution in [0.15, 0.2) is 17.5 Å². The molecule has 0 bridgehead atoms. The van der Waals surface area contributed by atoms with Crippen molar-refractivity contribution < 1.29 is 14.7 Å². The summed E-state index contributed by atoms with van der Waals surface area (Å²) < 4.78 is 0. The maximum absolute atomic E-state index is 12.1. The van der Waals surface area contributed by atoms with Crippen molar-refractivity contribution in [2.45, 2.75) is 25.7 Å². The second-order valence-electron chi connectivity index (χ2n) is 5.59. The van der Waals surface area contributed by atoms with Crippen LogP contribution in [-0.4, -0.2) is 35.0 Å². The SMILES string of the molecule is O=C(O)C1CC12CCN(C(=O)Cc1cccs1)CC2. The lowest BCUT2D eigenvalue weighted by molar-refractivity contribution is -0.139. The van der Waals surface area contributed by atoms with Crippen LogP contribution in [0.25, 0.3) is 0 Å². The highest BCUT2D eigenvalue weighted by Crippen LogP contribution is 2.59. The van der Waals surface area contributed by atoms with Crippen molar-refractivity contribution >= 4 is 23.2 Å². The molecule has 2 fully saturated rings. The van der Waals surface area contributed by atoms with E-state index in [1.165, 1.54) is 0 Å². The number of thiophene rings is 1. The zero-order valence-electron chi connectivity index (χ0n) is 10.7. The second kappa shape index (κ2) is 4.63. The summed E-state index contributed by atoms with van der Waals surface area (Å²) in [5.41, 5.74) is 0.00550. The van der Waals surface area contributed by atoms with Gasteiger partial charge in [-0.25, -0.2) is 0 Å². The molecular formula is C14H17NO3S. The van der Waals surface area contributed by atoms with Gasteiger partial charge in [0.1, 0.15) is 0 Å². The Hall–Kier alpha value is -1.36. The fraction of sp³-hybridized carbons (Fsp3) is 0.571. The summed E-state index contributed by atoms with van der Waals surface area (Å²) in [6.45, 7) is 1.43. The number of rotatable bonds is 3. The molecule has 1 aromatic rings. The average Bonchev–Trinajstić information content (AvgIpc) is 2.84. The molecule has 5 heteroatoms. The number of nitrogens with zero attached hydrogens (tertiary/aromatic N) is 1. The Morgan fingerprint density at radius 1 is 1.42 bits per heavy atom. The van der Waals surface area contributed by atoms with Crippen LogP contribution in [0.1, 0.15) is 24.1 Å². The fourth-order valence-corrected chi connectivity index (χ4v) is 3.82. The molecule has 19 heavy (non-hydrogen) atoms. The molecule has 0 radical (unpaired) electrons. The van der Waals surface area contributed by atoms with E-state index in [2.05, 4.69) is 0 Å². The van der Waals surface area contributed by atoms with Crippen LogP contribution in [0.3, 0.4) is 0 Å². The lowest BCUT2D eigenvalue weighted by Crippen LogP contribution is -2.40. The molecule has 1 N–H and O–H groups in total. The smallest absolute Gasteiger partial charge is 0.307 e. The maximum atomic E-state index is 12.1. The summed E-state index contributed by atoms with van der Waals surface area (Å²) in [6.07, 6.45) is 2.97. The van der Waals surface area contributed by atoms with Crippen molar-refractivity contribution in [1.29, 1.82) is 0 Å². The number of hydrogen-bond donors (Lipinski definition) is 1. The average molecular weight is 279 g/mol. The molecule has 1 saturated carbocycles. The summed E-state index contributed by atoms with van der Waals surface area (Å²) in [5.74, 6) is -0.662. The Labute approximate surface area is 116 Å². The van der Waals surface area contributed by atoms with Gasteiger partial charge in [-0.05, 0) is 36.1 Å². The molecule has 2 heterocycles. The fourth-order valence-electron chi connectivity index (χ4n) is 3.12. The van der Waals surface area contributed by atoms with Crippen LogP contribution < -0.4 is 0 Å². The molecular weight excluding hydrogens is 262 g/mol. The molecule has 1 aliphatic carbocycles. The largest absolute Gasteiger partial charge is 0.481 e. The van der Waals surface area contributed by atoms with Gasteiger partial charge in [-0.3, -0.25) is 9.59 Å². The normalized spacial score (nSPS) is 24.4. The van der Waals surface area contributed by atoms with Crippen molar-refractivity contribution in [3.05, 3.63) is 22.4 Å². The Morgan fingerprint density at radius 2 is 2.16 bits per heavy atom. The summed E-state index contributed by atoms with van der Waals surface area (Å²) in [4.78, 5) is 26.1.